The molecule has 7 nitrogen and oxygen atoms in total. The van der Waals surface area contributed by atoms with E-state index < -0.39 is 53.3 Å². The van der Waals surface area contributed by atoms with Gasteiger partial charge in [0.15, 0.2) is 0 Å². The molecule has 0 spiro atoms. The van der Waals surface area contributed by atoms with E-state index in [9.17, 15) is 43.2 Å². The van der Waals surface area contributed by atoms with Gasteiger partial charge in [-0.15, -0.1) is 0 Å². The minimum absolute atomic E-state index is 0.886. The molecule has 2 N–H and O–H groups in total. The summed E-state index contributed by atoms with van der Waals surface area (Å²) in [6.45, 7) is 1.77. The standard InChI is InChI=1S/C7H12F6N2O5S2/c1-3-5(4-2,14-16)15(21(17,18)6(8,9)10)22(19,20)7(11,12)13/h14,16H,3-4H2,1-2H3. The van der Waals surface area contributed by atoms with E-state index >= 15 is 0 Å². The second-order valence-electron chi connectivity index (χ2n) is 3.95. The predicted octanol–water partition coefficient (Wildman–Crippen LogP) is 1.48. The topological polar surface area (TPSA) is 104 Å². The number of nitrogens with one attached hydrogen (secondary N) is 1. The number of hydrogen-bond donors (Lipinski definition) is 2. The molecule has 0 aromatic heterocycles. The Kier molecular flexibility index (Phi) is 5.93. The van der Waals surface area contributed by atoms with Gasteiger partial charge in [-0.3, -0.25) is 0 Å². The molecule has 22 heavy (non-hydrogen) atoms. The predicted molar refractivity (Wildman–Crippen MR) is 60.0 cm³/mol. The summed E-state index contributed by atoms with van der Waals surface area (Å²) in [6.07, 6.45) is -1.82. The second-order valence-corrected chi connectivity index (χ2v) is 7.74. The van der Waals surface area contributed by atoms with E-state index in [0.29, 0.717) is 0 Å². The molecule has 0 radical (unpaired) electrons. The van der Waals surface area contributed by atoms with Crippen LogP contribution >= 0.6 is 0 Å². The summed E-state index contributed by atoms with van der Waals surface area (Å²) < 4.78 is 119. The first kappa shape index (κ1) is 21.4. The van der Waals surface area contributed by atoms with Crippen LogP contribution in [0.2, 0.25) is 0 Å². The SMILES string of the molecule is CCC(CC)(NO)N(S(=O)(=O)C(F)(F)F)S(=O)(=O)C(F)(F)F. The lowest BCUT2D eigenvalue weighted by Gasteiger charge is -2.39. The van der Waals surface area contributed by atoms with Crippen LogP contribution in [-0.2, 0) is 20.0 Å². The minimum atomic E-state index is -6.97. The fraction of sp³-hybridized carbons (Fsp3) is 1.00. The molecule has 0 aliphatic carbocycles. The summed E-state index contributed by atoms with van der Waals surface area (Å²) in [4.78, 5) is 0. The smallest absolute Gasteiger partial charge is 0.315 e. The maximum atomic E-state index is 12.6. The van der Waals surface area contributed by atoms with Crippen molar-refractivity contribution in [3.8, 4) is 0 Å². The van der Waals surface area contributed by atoms with Gasteiger partial charge < -0.3 is 5.21 Å². The molecular weight excluding hydrogens is 370 g/mol. The van der Waals surface area contributed by atoms with Gasteiger partial charge in [-0.2, -0.15) is 31.8 Å². The maximum absolute atomic E-state index is 12.6. The molecule has 0 bridgehead atoms. The molecule has 0 heterocycles. The molecule has 15 heteroatoms. The van der Waals surface area contributed by atoms with Gasteiger partial charge in [0.1, 0.15) is 5.66 Å². The molecule has 0 aromatic rings. The van der Waals surface area contributed by atoms with Gasteiger partial charge >= 0.3 is 31.1 Å². The molecule has 0 aliphatic rings. The average molecular weight is 382 g/mol. The van der Waals surface area contributed by atoms with Gasteiger partial charge in [0.2, 0.25) is 0 Å². The van der Waals surface area contributed by atoms with E-state index in [4.69, 9.17) is 5.21 Å². The third kappa shape index (κ3) is 3.32. The number of sulfonamides is 2. The van der Waals surface area contributed by atoms with Crippen molar-refractivity contribution in [1.29, 1.82) is 0 Å². The maximum Gasteiger partial charge on any atom is 0.512 e. The van der Waals surface area contributed by atoms with Crippen LogP contribution in [0.5, 0.6) is 0 Å². The molecule has 0 atom stereocenters. The Balaban J connectivity index is 6.80. The molecule has 0 rings (SSSR count). The van der Waals surface area contributed by atoms with Crippen LogP contribution < -0.4 is 5.48 Å². The lowest BCUT2D eigenvalue weighted by molar-refractivity contribution is -0.0666. The summed E-state index contributed by atoms with van der Waals surface area (Å²) in [5.41, 5.74) is -14.8. The fourth-order valence-electron chi connectivity index (χ4n) is 1.48. The zero-order valence-corrected chi connectivity index (χ0v) is 12.7. The zero-order chi connectivity index (χ0) is 18.2. The van der Waals surface area contributed by atoms with Crippen molar-refractivity contribution < 1.29 is 48.4 Å². The summed E-state index contributed by atoms with van der Waals surface area (Å²) in [7, 11) is -13.9. The van der Waals surface area contributed by atoms with Crippen molar-refractivity contribution in [2.45, 2.75) is 43.4 Å². The summed E-state index contributed by atoms with van der Waals surface area (Å²) in [5.74, 6) is 0. The third-order valence-electron chi connectivity index (χ3n) is 2.75. The Labute approximate surface area is 122 Å². The van der Waals surface area contributed by atoms with Gasteiger partial charge in [0.25, 0.3) is 0 Å². The van der Waals surface area contributed by atoms with Crippen LogP contribution in [0.3, 0.4) is 0 Å². The Bertz CT molecular complexity index is 540. The highest BCUT2D eigenvalue weighted by Crippen LogP contribution is 2.41. The molecule has 0 saturated carbocycles. The van der Waals surface area contributed by atoms with Crippen LogP contribution in [0, 0.1) is 0 Å². The van der Waals surface area contributed by atoms with Crippen LogP contribution in [-0.4, -0.2) is 42.4 Å². The highest BCUT2D eigenvalue weighted by molar-refractivity contribution is 8.04. The highest BCUT2D eigenvalue weighted by atomic mass is 32.3. The van der Waals surface area contributed by atoms with E-state index in [1.807, 2.05) is 0 Å². The Morgan fingerprint density at radius 3 is 1.27 bits per heavy atom. The normalized spacial score (nSPS) is 15.4. The lowest BCUT2D eigenvalue weighted by atomic mass is 10.1. The second kappa shape index (κ2) is 6.10. The van der Waals surface area contributed by atoms with Gasteiger partial charge in [0, 0.05) is 0 Å². The van der Waals surface area contributed by atoms with Crippen molar-refractivity contribution in [3.05, 3.63) is 0 Å². The van der Waals surface area contributed by atoms with E-state index in [1.54, 1.807) is 0 Å². The van der Waals surface area contributed by atoms with Crippen LogP contribution in [0.15, 0.2) is 0 Å². The van der Waals surface area contributed by atoms with Gasteiger partial charge in [0.05, 0.1) is 0 Å². The van der Waals surface area contributed by atoms with Crippen LogP contribution in [0.25, 0.3) is 0 Å². The van der Waals surface area contributed by atoms with Crippen molar-refractivity contribution in [2.75, 3.05) is 0 Å². The summed E-state index contributed by atoms with van der Waals surface area (Å²) in [6, 6.07) is 0. The van der Waals surface area contributed by atoms with E-state index in [-0.39, 0.29) is 0 Å². The molecule has 134 valence electrons. The molecule has 0 saturated heterocycles. The van der Waals surface area contributed by atoms with Crippen molar-refractivity contribution >= 4 is 20.0 Å². The summed E-state index contributed by atoms with van der Waals surface area (Å²) >= 11 is 0. The minimum Gasteiger partial charge on any atom is -0.315 e. The first-order valence-electron chi connectivity index (χ1n) is 5.39. The monoisotopic (exact) mass is 382 g/mol. The quantitative estimate of drug-likeness (QED) is 0.410. The number of alkyl halides is 6. The average Bonchev–Trinajstić information content (AvgIpc) is 2.32. The molecule has 0 amide bonds. The number of hydroxylamine groups is 1. The van der Waals surface area contributed by atoms with E-state index in [0.717, 1.165) is 19.3 Å². The Morgan fingerprint density at radius 1 is 0.864 bits per heavy atom. The third-order valence-corrected chi connectivity index (χ3v) is 6.67. The zero-order valence-electron chi connectivity index (χ0n) is 11.0. The summed E-state index contributed by atoms with van der Waals surface area (Å²) in [5, 5.41) is 8.85. The van der Waals surface area contributed by atoms with Crippen molar-refractivity contribution in [1.82, 2.24) is 9.19 Å². The van der Waals surface area contributed by atoms with Gasteiger partial charge in [-0.25, -0.2) is 16.8 Å². The first-order valence-corrected chi connectivity index (χ1v) is 8.27. The lowest BCUT2D eigenvalue weighted by Crippen LogP contribution is -2.65. The largest absolute Gasteiger partial charge is 0.512 e. The van der Waals surface area contributed by atoms with Gasteiger partial charge in [-0.1, -0.05) is 17.6 Å². The molecule has 0 unspecified atom stereocenters. The fourth-order valence-corrected chi connectivity index (χ4v) is 4.92. The number of nitrogens with zero attached hydrogens (tertiary/aromatic N) is 1. The van der Waals surface area contributed by atoms with Crippen LogP contribution in [0.1, 0.15) is 26.7 Å². The molecular formula is C7H12F6N2O5S2. The number of halogens is 6. The Morgan fingerprint density at radius 2 is 1.14 bits per heavy atom. The van der Waals surface area contributed by atoms with E-state index in [2.05, 4.69) is 0 Å². The van der Waals surface area contributed by atoms with Crippen LogP contribution in [0.4, 0.5) is 26.3 Å². The van der Waals surface area contributed by atoms with Crippen molar-refractivity contribution in [2.24, 2.45) is 0 Å². The molecule has 0 aromatic carbocycles. The molecule has 0 fully saturated rings. The van der Waals surface area contributed by atoms with E-state index in [1.165, 1.54) is 0 Å². The molecule has 0 aliphatic heterocycles. The number of rotatable bonds is 6. The number of hydrogen-bond acceptors (Lipinski definition) is 6. The highest BCUT2D eigenvalue weighted by Gasteiger charge is 2.66. The van der Waals surface area contributed by atoms with Gasteiger partial charge in [-0.05, 0) is 12.8 Å². The van der Waals surface area contributed by atoms with Crippen molar-refractivity contribution in [3.63, 3.8) is 0 Å². The first-order chi connectivity index (χ1) is 9.55. The Hall–Kier alpha value is -0.640.